The number of rotatable bonds is 5. The lowest BCUT2D eigenvalue weighted by Gasteiger charge is -2.15. The maximum Gasteiger partial charge on any atom is 0.119 e. The van der Waals surface area contributed by atoms with Crippen LogP contribution in [-0.4, -0.2) is 11.7 Å². The third-order valence-corrected chi connectivity index (χ3v) is 3.23. The maximum absolute atomic E-state index is 5.24. The highest BCUT2D eigenvalue weighted by molar-refractivity contribution is 5.30. The molecule has 1 aromatic heterocycles. The van der Waals surface area contributed by atoms with Crippen LogP contribution in [0.3, 0.4) is 0 Å². The molecule has 0 radical (unpaired) electrons. The van der Waals surface area contributed by atoms with Gasteiger partial charge < -0.3 is 14.6 Å². The summed E-state index contributed by atoms with van der Waals surface area (Å²) in [5.74, 6) is 0.903. The van der Waals surface area contributed by atoms with Crippen molar-refractivity contribution in [3.63, 3.8) is 0 Å². The second-order valence-corrected chi connectivity index (χ2v) is 4.49. The van der Waals surface area contributed by atoms with Gasteiger partial charge in [-0.05, 0) is 36.8 Å². The smallest absolute Gasteiger partial charge is 0.119 e. The predicted octanol–water partition coefficient (Wildman–Crippen LogP) is 2.88. The Morgan fingerprint density at radius 3 is 2.78 bits per heavy atom. The minimum absolute atomic E-state index is 0.301. The molecule has 0 aliphatic carbocycles. The van der Waals surface area contributed by atoms with Crippen molar-refractivity contribution < 1.29 is 4.74 Å². The van der Waals surface area contributed by atoms with Crippen LogP contribution >= 0.6 is 0 Å². The van der Waals surface area contributed by atoms with Gasteiger partial charge in [0.2, 0.25) is 0 Å². The summed E-state index contributed by atoms with van der Waals surface area (Å²) in [6.45, 7) is 3.03. The number of ether oxygens (including phenoxy) is 1. The first-order valence-corrected chi connectivity index (χ1v) is 6.18. The van der Waals surface area contributed by atoms with Gasteiger partial charge in [0, 0.05) is 31.5 Å². The van der Waals surface area contributed by atoms with Crippen molar-refractivity contribution >= 4 is 0 Å². The molecule has 2 rings (SSSR count). The van der Waals surface area contributed by atoms with Crippen LogP contribution in [0.1, 0.15) is 24.2 Å². The first-order valence-electron chi connectivity index (χ1n) is 6.18. The van der Waals surface area contributed by atoms with Gasteiger partial charge in [0.25, 0.3) is 0 Å². The Bertz CT molecular complexity index is 505. The first kappa shape index (κ1) is 12.7. The highest BCUT2D eigenvalue weighted by Gasteiger charge is 2.06. The third kappa shape index (κ3) is 2.93. The molecule has 0 unspecified atom stereocenters. The van der Waals surface area contributed by atoms with Crippen molar-refractivity contribution in [2.24, 2.45) is 7.05 Å². The van der Waals surface area contributed by atoms with E-state index in [4.69, 9.17) is 4.74 Å². The van der Waals surface area contributed by atoms with E-state index in [9.17, 15) is 0 Å². The van der Waals surface area contributed by atoms with E-state index >= 15 is 0 Å². The van der Waals surface area contributed by atoms with E-state index in [1.54, 1.807) is 7.11 Å². The average Bonchev–Trinajstić information content (AvgIpc) is 2.81. The summed E-state index contributed by atoms with van der Waals surface area (Å²) in [7, 11) is 3.76. The zero-order chi connectivity index (χ0) is 13.0. The van der Waals surface area contributed by atoms with E-state index in [1.807, 2.05) is 12.1 Å². The van der Waals surface area contributed by atoms with Crippen molar-refractivity contribution in [1.82, 2.24) is 9.88 Å². The van der Waals surface area contributed by atoms with Crippen LogP contribution < -0.4 is 10.1 Å². The summed E-state index contributed by atoms with van der Waals surface area (Å²) in [4.78, 5) is 0. The molecular formula is C15H20N2O. The largest absolute Gasteiger partial charge is 0.497 e. The van der Waals surface area contributed by atoms with Crippen LogP contribution in [0.2, 0.25) is 0 Å². The van der Waals surface area contributed by atoms with Crippen LogP contribution in [-0.2, 0) is 13.6 Å². The zero-order valence-corrected chi connectivity index (χ0v) is 11.2. The van der Waals surface area contributed by atoms with E-state index in [0.29, 0.717) is 6.04 Å². The molecule has 3 nitrogen and oxygen atoms in total. The zero-order valence-electron chi connectivity index (χ0n) is 11.2. The number of nitrogens with one attached hydrogen (secondary N) is 1. The van der Waals surface area contributed by atoms with Gasteiger partial charge in [-0.25, -0.2) is 0 Å². The lowest BCUT2D eigenvalue weighted by molar-refractivity contribution is 0.413. The normalized spacial score (nSPS) is 12.4. The first-order chi connectivity index (χ1) is 8.70. The van der Waals surface area contributed by atoms with Gasteiger partial charge in [0.15, 0.2) is 0 Å². The number of hydrogen-bond acceptors (Lipinski definition) is 2. The molecule has 0 amide bonds. The Balaban J connectivity index is 1.99. The molecule has 0 aliphatic rings. The summed E-state index contributed by atoms with van der Waals surface area (Å²) in [5.41, 5.74) is 2.52. The molecule has 2 aromatic rings. The quantitative estimate of drug-likeness (QED) is 0.875. The Morgan fingerprint density at radius 1 is 1.28 bits per heavy atom. The average molecular weight is 244 g/mol. The summed E-state index contributed by atoms with van der Waals surface area (Å²) >= 11 is 0. The van der Waals surface area contributed by atoms with Crippen molar-refractivity contribution in [2.75, 3.05) is 7.11 Å². The van der Waals surface area contributed by atoms with E-state index in [1.165, 1.54) is 11.3 Å². The number of nitrogens with zero attached hydrogens (tertiary/aromatic N) is 1. The third-order valence-electron chi connectivity index (χ3n) is 3.23. The van der Waals surface area contributed by atoms with E-state index in [0.717, 1.165) is 12.3 Å². The van der Waals surface area contributed by atoms with E-state index in [-0.39, 0.29) is 0 Å². The minimum atomic E-state index is 0.301. The Kier molecular flexibility index (Phi) is 4.05. The molecule has 0 aliphatic heterocycles. The second-order valence-electron chi connectivity index (χ2n) is 4.49. The fraction of sp³-hybridized carbons (Fsp3) is 0.333. The van der Waals surface area contributed by atoms with Crippen molar-refractivity contribution in [1.29, 1.82) is 0 Å². The lowest BCUT2D eigenvalue weighted by atomic mass is 10.1. The van der Waals surface area contributed by atoms with Crippen LogP contribution in [0, 0.1) is 0 Å². The van der Waals surface area contributed by atoms with Gasteiger partial charge >= 0.3 is 0 Å². The second kappa shape index (κ2) is 5.74. The van der Waals surface area contributed by atoms with Crippen molar-refractivity contribution in [2.45, 2.75) is 19.5 Å². The summed E-state index contributed by atoms with van der Waals surface area (Å²) in [6, 6.07) is 12.7. The van der Waals surface area contributed by atoms with Gasteiger partial charge in [-0.15, -0.1) is 0 Å². The fourth-order valence-electron chi connectivity index (χ4n) is 1.97. The molecule has 0 saturated heterocycles. The molecule has 1 N–H and O–H groups in total. The number of benzene rings is 1. The Morgan fingerprint density at radius 2 is 2.11 bits per heavy atom. The van der Waals surface area contributed by atoms with Crippen LogP contribution in [0.25, 0.3) is 0 Å². The summed E-state index contributed by atoms with van der Waals surface area (Å²) < 4.78 is 7.37. The predicted molar refractivity (Wildman–Crippen MR) is 73.7 cm³/mol. The lowest BCUT2D eigenvalue weighted by Crippen LogP contribution is -2.19. The molecule has 0 spiro atoms. The topological polar surface area (TPSA) is 26.2 Å². The highest BCUT2D eigenvalue weighted by Crippen LogP contribution is 2.19. The van der Waals surface area contributed by atoms with Crippen LogP contribution in [0.4, 0.5) is 0 Å². The molecule has 3 heteroatoms. The SMILES string of the molecule is COc1cccc([C@@H](C)NCc2cccn2C)c1. The molecule has 1 aromatic carbocycles. The molecular weight excluding hydrogens is 224 g/mol. The van der Waals surface area contributed by atoms with Gasteiger partial charge in [0.05, 0.1) is 7.11 Å². The number of aryl methyl sites for hydroxylation is 1. The molecule has 1 heterocycles. The van der Waals surface area contributed by atoms with Crippen molar-refractivity contribution in [3.8, 4) is 5.75 Å². The monoisotopic (exact) mass is 244 g/mol. The molecule has 1 atom stereocenters. The van der Waals surface area contributed by atoms with Crippen LogP contribution in [0.15, 0.2) is 42.6 Å². The molecule has 96 valence electrons. The fourth-order valence-corrected chi connectivity index (χ4v) is 1.97. The highest BCUT2D eigenvalue weighted by atomic mass is 16.5. The molecule has 0 fully saturated rings. The van der Waals surface area contributed by atoms with E-state index < -0.39 is 0 Å². The Hall–Kier alpha value is -1.74. The van der Waals surface area contributed by atoms with E-state index in [2.05, 4.69) is 54.3 Å². The van der Waals surface area contributed by atoms with Gasteiger partial charge in [-0.2, -0.15) is 0 Å². The summed E-state index contributed by atoms with van der Waals surface area (Å²) in [6.07, 6.45) is 2.06. The van der Waals surface area contributed by atoms with Gasteiger partial charge in [-0.1, -0.05) is 12.1 Å². The number of methoxy groups -OCH3 is 1. The molecule has 18 heavy (non-hydrogen) atoms. The maximum atomic E-state index is 5.24. The number of hydrogen-bond donors (Lipinski definition) is 1. The summed E-state index contributed by atoms with van der Waals surface area (Å²) in [5, 5.41) is 3.52. The Labute approximate surface area is 108 Å². The standard InChI is InChI=1S/C15H20N2O/c1-12(13-6-4-8-15(10-13)18-3)16-11-14-7-5-9-17(14)2/h4-10,12,16H,11H2,1-3H3/t12-/m1/s1. The minimum Gasteiger partial charge on any atom is -0.497 e. The van der Waals surface area contributed by atoms with Crippen LogP contribution in [0.5, 0.6) is 5.75 Å². The number of aromatic nitrogens is 1. The molecule has 0 bridgehead atoms. The van der Waals surface area contributed by atoms with Crippen molar-refractivity contribution in [3.05, 3.63) is 53.9 Å². The van der Waals surface area contributed by atoms with Gasteiger partial charge in [0.1, 0.15) is 5.75 Å². The van der Waals surface area contributed by atoms with Gasteiger partial charge in [-0.3, -0.25) is 0 Å². The molecule has 0 saturated carbocycles.